The van der Waals surface area contributed by atoms with Crippen molar-refractivity contribution in [1.29, 1.82) is 0 Å². The Morgan fingerprint density at radius 3 is 2.47 bits per heavy atom. The molecule has 2 N–H and O–H groups in total. The summed E-state index contributed by atoms with van der Waals surface area (Å²) in [5.41, 5.74) is -1.06. The maximum absolute atomic E-state index is 13.1. The lowest BCUT2D eigenvalue weighted by Gasteiger charge is -2.22. The molecule has 10 heteroatoms. The molecule has 0 aliphatic carbocycles. The van der Waals surface area contributed by atoms with Gasteiger partial charge >= 0.3 is 5.51 Å². The van der Waals surface area contributed by atoms with E-state index in [0.29, 0.717) is 17.0 Å². The van der Waals surface area contributed by atoms with Crippen LogP contribution in [0.1, 0.15) is 15.9 Å². The van der Waals surface area contributed by atoms with E-state index in [1.54, 1.807) is 60.9 Å². The number of carbonyl (C=O) groups is 1. The van der Waals surface area contributed by atoms with E-state index in [4.69, 9.17) is 4.74 Å². The number of alkyl halides is 3. The van der Waals surface area contributed by atoms with Crippen molar-refractivity contribution in [2.45, 2.75) is 17.0 Å². The first kappa shape index (κ1) is 23.7. The fraction of sp³-hybridized carbons (Fsp3) is 0.167. The molecule has 0 saturated carbocycles. The molecule has 1 amide bonds. The summed E-state index contributed by atoms with van der Waals surface area (Å²) < 4.78 is 43.0. The third kappa shape index (κ3) is 5.89. The van der Waals surface area contributed by atoms with E-state index in [-0.39, 0.29) is 42.3 Å². The molecule has 6 nitrogen and oxygen atoms in total. The van der Waals surface area contributed by atoms with Crippen LogP contribution in [0.3, 0.4) is 0 Å². The number of aromatic nitrogens is 2. The van der Waals surface area contributed by atoms with Gasteiger partial charge in [0.25, 0.3) is 5.91 Å². The molecule has 1 heterocycles. The quantitative estimate of drug-likeness (QED) is 0.326. The zero-order valence-corrected chi connectivity index (χ0v) is 18.6. The Morgan fingerprint density at radius 2 is 1.79 bits per heavy atom. The maximum Gasteiger partial charge on any atom is 0.446 e. The Morgan fingerprint density at radius 1 is 1.06 bits per heavy atom. The van der Waals surface area contributed by atoms with Crippen molar-refractivity contribution in [3.8, 4) is 5.75 Å². The fourth-order valence-electron chi connectivity index (χ4n) is 3.35. The molecular weight excluding hydrogens is 467 g/mol. The van der Waals surface area contributed by atoms with Gasteiger partial charge in [-0.2, -0.15) is 13.2 Å². The van der Waals surface area contributed by atoms with Gasteiger partial charge in [0.2, 0.25) is 0 Å². The molecule has 0 radical (unpaired) electrons. The van der Waals surface area contributed by atoms with Crippen molar-refractivity contribution in [1.82, 2.24) is 9.97 Å². The first-order valence-corrected chi connectivity index (χ1v) is 11.1. The summed E-state index contributed by atoms with van der Waals surface area (Å²) in [6.07, 6.45) is 1.55. The lowest BCUT2D eigenvalue weighted by molar-refractivity contribution is -0.0328. The SMILES string of the molecule is O=C(c1ccc2nc[nH]c2c1)N(CCO)c1ccc(OCc2ccc(SC(F)(F)F)cc2)cc1. The standard InChI is InChI=1S/C24H20F3N3O3S/c25-24(26,27)34-20-8-1-16(2-9-20)14-33-19-6-4-18(5-7-19)30(11-12-31)23(32)17-3-10-21-22(13-17)29-15-28-21/h1-10,13,15,31H,11-12,14H2,(H,28,29). The Kier molecular flexibility index (Phi) is 7.09. The second-order valence-electron chi connectivity index (χ2n) is 7.29. The molecule has 4 aromatic rings. The number of aliphatic hydroxyl groups is 1. The van der Waals surface area contributed by atoms with E-state index in [2.05, 4.69) is 9.97 Å². The van der Waals surface area contributed by atoms with Gasteiger partial charge in [0.15, 0.2) is 0 Å². The number of nitrogens with one attached hydrogen (secondary N) is 1. The number of hydrogen-bond acceptors (Lipinski definition) is 5. The zero-order valence-electron chi connectivity index (χ0n) is 17.7. The van der Waals surface area contributed by atoms with Crippen LogP contribution in [0.15, 0.2) is 78.0 Å². The van der Waals surface area contributed by atoms with Crippen LogP contribution in [0, 0.1) is 0 Å². The number of H-pyrrole nitrogens is 1. The molecule has 0 fully saturated rings. The lowest BCUT2D eigenvalue weighted by Crippen LogP contribution is -2.33. The molecule has 4 rings (SSSR count). The van der Waals surface area contributed by atoms with Crippen molar-refractivity contribution in [2.24, 2.45) is 0 Å². The highest BCUT2D eigenvalue weighted by molar-refractivity contribution is 8.00. The van der Waals surface area contributed by atoms with Crippen LogP contribution in [-0.2, 0) is 6.61 Å². The van der Waals surface area contributed by atoms with Gasteiger partial charge in [0, 0.05) is 22.7 Å². The Labute approximate surface area is 197 Å². The molecule has 1 aromatic heterocycles. The monoisotopic (exact) mass is 487 g/mol. The van der Waals surface area contributed by atoms with E-state index >= 15 is 0 Å². The molecular formula is C24H20F3N3O3S. The maximum atomic E-state index is 13.1. The van der Waals surface area contributed by atoms with Gasteiger partial charge in [-0.1, -0.05) is 12.1 Å². The number of hydrogen-bond donors (Lipinski definition) is 2. The second-order valence-corrected chi connectivity index (χ2v) is 8.43. The predicted octanol–water partition coefficient (Wildman–Crippen LogP) is 5.39. The normalized spacial score (nSPS) is 11.5. The van der Waals surface area contributed by atoms with Crippen LogP contribution >= 0.6 is 11.8 Å². The average molecular weight is 488 g/mol. The van der Waals surface area contributed by atoms with Gasteiger partial charge in [0.1, 0.15) is 12.4 Å². The number of ether oxygens (including phenoxy) is 1. The smallest absolute Gasteiger partial charge is 0.446 e. The Bertz CT molecular complexity index is 1260. The molecule has 0 atom stereocenters. The van der Waals surface area contributed by atoms with Crippen molar-refractivity contribution in [2.75, 3.05) is 18.1 Å². The highest BCUT2D eigenvalue weighted by Crippen LogP contribution is 2.36. The van der Waals surface area contributed by atoms with Gasteiger partial charge in [-0.15, -0.1) is 0 Å². The molecule has 0 aliphatic heterocycles. The summed E-state index contributed by atoms with van der Waals surface area (Å²) in [5.74, 6) is 0.267. The van der Waals surface area contributed by atoms with E-state index in [1.807, 2.05) is 0 Å². The first-order valence-electron chi connectivity index (χ1n) is 10.3. The molecule has 0 spiro atoms. The molecule has 34 heavy (non-hydrogen) atoms. The summed E-state index contributed by atoms with van der Waals surface area (Å²) in [7, 11) is 0. The largest absolute Gasteiger partial charge is 0.489 e. The predicted molar refractivity (Wildman–Crippen MR) is 124 cm³/mol. The molecule has 0 bridgehead atoms. The number of imidazole rings is 1. The highest BCUT2D eigenvalue weighted by atomic mass is 32.2. The number of amides is 1. The van der Waals surface area contributed by atoms with Crippen LogP contribution in [0.4, 0.5) is 18.9 Å². The van der Waals surface area contributed by atoms with Crippen molar-refractivity contribution in [3.63, 3.8) is 0 Å². The first-order chi connectivity index (χ1) is 16.3. The zero-order chi connectivity index (χ0) is 24.1. The third-order valence-electron chi connectivity index (χ3n) is 4.95. The van der Waals surface area contributed by atoms with E-state index in [0.717, 1.165) is 16.6 Å². The van der Waals surface area contributed by atoms with Crippen LogP contribution in [-0.4, -0.2) is 39.6 Å². The van der Waals surface area contributed by atoms with E-state index in [1.165, 1.54) is 17.0 Å². The average Bonchev–Trinajstić information content (AvgIpc) is 3.29. The number of aromatic amines is 1. The minimum atomic E-state index is -4.32. The van der Waals surface area contributed by atoms with Crippen molar-refractivity contribution in [3.05, 3.63) is 84.2 Å². The number of nitrogens with zero attached hydrogens (tertiary/aromatic N) is 2. The van der Waals surface area contributed by atoms with Gasteiger partial charge in [0.05, 0.1) is 24.0 Å². The van der Waals surface area contributed by atoms with Gasteiger partial charge in [-0.3, -0.25) is 4.79 Å². The van der Waals surface area contributed by atoms with Gasteiger partial charge < -0.3 is 19.7 Å². The minimum absolute atomic E-state index is 0.112. The molecule has 3 aromatic carbocycles. The number of carbonyl (C=O) groups excluding carboxylic acids is 1. The van der Waals surface area contributed by atoms with Crippen molar-refractivity contribution >= 4 is 34.4 Å². The highest BCUT2D eigenvalue weighted by Gasteiger charge is 2.29. The van der Waals surface area contributed by atoms with Gasteiger partial charge in [-0.25, -0.2) is 4.98 Å². The topological polar surface area (TPSA) is 78.5 Å². The number of benzene rings is 3. The second kappa shape index (κ2) is 10.2. The number of aliphatic hydroxyl groups excluding tert-OH is 1. The number of rotatable bonds is 8. The number of halogens is 3. The van der Waals surface area contributed by atoms with Crippen LogP contribution in [0.25, 0.3) is 11.0 Å². The molecule has 176 valence electrons. The van der Waals surface area contributed by atoms with E-state index in [9.17, 15) is 23.1 Å². The van der Waals surface area contributed by atoms with Gasteiger partial charge in [-0.05, 0) is 71.9 Å². The van der Waals surface area contributed by atoms with Crippen molar-refractivity contribution < 1.29 is 27.8 Å². The number of fused-ring (bicyclic) bond motifs is 1. The van der Waals surface area contributed by atoms with E-state index < -0.39 is 5.51 Å². The van der Waals surface area contributed by atoms with Crippen LogP contribution < -0.4 is 9.64 Å². The Hall–Kier alpha value is -3.50. The molecule has 0 aliphatic rings. The summed E-state index contributed by atoms with van der Waals surface area (Å²) >= 11 is -0.162. The lowest BCUT2D eigenvalue weighted by atomic mass is 10.1. The summed E-state index contributed by atoms with van der Waals surface area (Å²) in [5, 5.41) is 9.48. The minimum Gasteiger partial charge on any atom is -0.489 e. The summed E-state index contributed by atoms with van der Waals surface area (Å²) in [6.45, 7) is 0.0844. The fourth-order valence-corrected chi connectivity index (χ4v) is 3.89. The van der Waals surface area contributed by atoms with Crippen LogP contribution in [0.2, 0.25) is 0 Å². The van der Waals surface area contributed by atoms with Crippen LogP contribution in [0.5, 0.6) is 5.75 Å². The summed E-state index contributed by atoms with van der Waals surface area (Å²) in [6, 6.07) is 17.9. The number of anilines is 1. The third-order valence-corrected chi connectivity index (χ3v) is 5.69. The molecule has 0 saturated heterocycles. The number of thioether (sulfide) groups is 1. The Balaban J connectivity index is 1.41. The summed E-state index contributed by atoms with van der Waals surface area (Å²) in [4.78, 5) is 21.8. The molecule has 0 unspecified atom stereocenters.